The standard InChI is InChI=1S/C16H19N5O6/c22-5-9-11(23)12(24)13(25)16(27-9)21-7-20-10-14(18-6-19-15(10)21)17-4-8-2-1-3-26-8/h1-3,6-7,9,11-13,16,22-25H,4-5H2,(H,17,18,19)/t9-,11-,12+,13?,16-/m1/s1. The number of rotatable bonds is 5. The number of ether oxygens (including phenoxy) is 1. The summed E-state index contributed by atoms with van der Waals surface area (Å²) < 4.78 is 12.3. The highest BCUT2D eigenvalue weighted by atomic mass is 16.6. The van der Waals surface area contributed by atoms with Crippen molar-refractivity contribution in [2.45, 2.75) is 37.2 Å². The summed E-state index contributed by atoms with van der Waals surface area (Å²) in [4.78, 5) is 12.6. The van der Waals surface area contributed by atoms with E-state index in [2.05, 4.69) is 20.3 Å². The van der Waals surface area contributed by atoms with Crippen LogP contribution in [0, 0.1) is 0 Å². The van der Waals surface area contributed by atoms with Gasteiger partial charge in [0, 0.05) is 0 Å². The van der Waals surface area contributed by atoms with Crippen LogP contribution in [0.1, 0.15) is 12.0 Å². The summed E-state index contributed by atoms with van der Waals surface area (Å²) in [5, 5.41) is 42.7. The first-order chi connectivity index (χ1) is 13.1. The molecule has 3 aromatic heterocycles. The van der Waals surface area contributed by atoms with Crippen molar-refractivity contribution >= 4 is 17.0 Å². The number of hydrogen-bond donors (Lipinski definition) is 5. The van der Waals surface area contributed by atoms with Crippen LogP contribution in [-0.4, -0.2) is 71.0 Å². The molecule has 1 saturated heterocycles. The molecule has 0 aromatic carbocycles. The highest BCUT2D eigenvalue weighted by Crippen LogP contribution is 2.31. The van der Waals surface area contributed by atoms with Gasteiger partial charge in [-0.3, -0.25) is 4.57 Å². The van der Waals surface area contributed by atoms with E-state index >= 15 is 0 Å². The molecule has 4 heterocycles. The summed E-state index contributed by atoms with van der Waals surface area (Å²) in [5.41, 5.74) is 0.789. The number of hydrogen-bond acceptors (Lipinski definition) is 10. The fourth-order valence-corrected chi connectivity index (χ4v) is 3.06. The number of fused-ring (bicyclic) bond motifs is 1. The molecule has 4 rings (SSSR count). The largest absolute Gasteiger partial charge is 0.467 e. The first kappa shape index (κ1) is 17.8. The molecule has 1 aliphatic rings. The molecule has 1 aliphatic heterocycles. The predicted molar refractivity (Wildman–Crippen MR) is 90.4 cm³/mol. The molecule has 5 atom stereocenters. The van der Waals surface area contributed by atoms with Crippen LogP contribution in [0.3, 0.4) is 0 Å². The average Bonchev–Trinajstić information content (AvgIpc) is 3.35. The van der Waals surface area contributed by atoms with Crippen molar-refractivity contribution in [3.63, 3.8) is 0 Å². The number of aliphatic hydroxyl groups excluding tert-OH is 4. The Morgan fingerprint density at radius 1 is 1.11 bits per heavy atom. The van der Waals surface area contributed by atoms with Gasteiger partial charge in [0.25, 0.3) is 0 Å². The number of furan rings is 1. The van der Waals surface area contributed by atoms with Gasteiger partial charge < -0.3 is 34.9 Å². The van der Waals surface area contributed by atoms with Crippen molar-refractivity contribution in [2.24, 2.45) is 0 Å². The SMILES string of the molecule is OC[C@H]1O[C@@H](n2cnc3c(NCc4ccco4)ncnc32)C(O)[C@@H](O)[C@@H]1O. The van der Waals surface area contributed by atoms with Crippen molar-refractivity contribution in [1.82, 2.24) is 19.5 Å². The van der Waals surface area contributed by atoms with Crippen LogP contribution >= 0.6 is 0 Å². The number of anilines is 1. The molecule has 1 unspecified atom stereocenters. The van der Waals surface area contributed by atoms with Gasteiger partial charge >= 0.3 is 0 Å². The zero-order valence-corrected chi connectivity index (χ0v) is 14.1. The van der Waals surface area contributed by atoms with E-state index < -0.39 is 37.3 Å². The summed E-state index contributed by atoms with van der Waals surface area (Å²) in [7, 11) is 0. The highest BCUT2D eigenvalue weighted by Gasteiger charge is 2.44. The Hall–Kier alpha value is -2.57. The summed E-state index contributed by atoms with van der Waals surface area (Å²) in [6, 6.07) is 3.60. The zero-order chi connectivity index (χ0) is 19.0. The second-order valence-electron chi connectivity index (χ2n) is 6.20. The maximum atomic E-state index is 10.3. The normalized spacial score (nSPS) is 28.5. The van der Waals surface area contributed by atoms with E-state index in [0.717, 1.165) is 5.76 Å². The predicted octanol–water partition coefficient (Wildman–Crippen LogP) is -0.996. The van der Waals surface area contributed by atoms with E-state index in [1.807, 2.05) is 6.07 Å². The monoisotopic (exact) mass is 377 g/mol. The van der Waals surface area contributed by atoms with Crippen LogP contribution in [0.15, 0.2) is 35.5 Å². The van der Waals surface area contributed by atoms with Crippen LogP contribution in [0.4, 0.5) is 5.82 Å². The number of nitrogens with one attached hydrogen (secondary N) is 1. The van der Waals surface area contributed by atoms with Gasteiger partial charge in [-0.15, -0.1) is 0 Å². The van der Waals surface area contributed by atoms with Crippen LogP contribution in [0.25, 0.3) is 11.2 Å². The molecule has 27 heavy (non-hydrogen) atoms. The Kier molecular flexibility index (Phi) is 4.76. The van der Waals surface area contributed by atoms with Crippen molar-refractivity contribution in [1.29, 1.82) is 0 Å². The van der Waals surface area contributed by atoms with Crippen LogP contribution in [0.2, 0.25) is 0 Å². The Labute approximate surface area is 152 Å². The highest BCUT2D eigenvalue weighted by molar-refractivity contribution is 5.82. The summed E-state index contributed by atoms with van der Waals surface area (Å²) in [6.45, 7) is -0.120. The van der Waals surface area contributed by atoms with E-state index in [-0.39, 0.29) is 0 Å². The van der Waals surface area contributed by atoms with Gasteiger partial charge in [0.2, 0.25) is 0 Å². The summed E-state index contributed by atoms with van der Waals surface area (Å²) in [5.74, 6) is 1.18. The lowest BCUT2D eigenvalue weighted by Gasteiger charge is -2.40. The Morgan fingerprint density at radius 2 is 1.96 bits per heavy atom. The fourth-order valence-electron chi connectivity index (χ4n) is 3.06. The lowest BCUT2D eigenvalue weighted by atomic mass is 9.98. The van der Waals surface area contributed by atoms with Gasteiger partial charge in [-0.05, 0) is 12.1 Å². The first-order valence-electron chi connectivity index (χ1n) is 8.34. The van der Waals surface area contributed by atoms with Crippen molar-refractivity contribution in [2.75, 3.05) is 11.9 Å². The van der Waals surface area contributed by atoms with Gasteiger partial charge in [0.05, 0.1) is 25.7 Å². The zero-order valence-electron chi connectivity index (χ0n) is 14.1. The third kappa shape index (κ3) is 3.15. The molecule has 11 heteroatoms. The van der Waals surface area contributed by atoms with Gasteiger partial charge in [-0.1, -0.05) is 0 Å². The third-order valence-corrected chi connectivity index (χ3v) is 4.51. The second-order valence-corrected chi connectivity index (χ2v) is 6.20. The molecule has 0 radical (unpaired) electrons. The molecule has 144 valence electrons. The molecule has 0 aliphatic carbocycles. The summed E-state index contributed by atoms with van der Waals surface area (Å²) >= 11 is 0. The average molecular weight is 377 g/mol. The molecule has 0 bridgehead atoms. The number of aromatic nitrogens is 4. The minimum Gasteiger partial charge on any atom is -0.467 e. The molecule has 0 amide bonds. The van der Waals surface area contributed by atoms with Gasteiger partial charge in [-0.25, -0.2) is 15.0 Å². The molecule has 1 fully saturated rings. The van der Waals surface area contributed by atoms with Gasteiger partial charge in [-0.2, -0.15) is 0 Å². The Morgan fingerprint density at radius 3 is 2.70 bits per heavy atom. The lowest BCUT2D eigenvalue weighted by molar-refractivity contribution is -0.250. The molecule has 0 spiro atoms. The molecule has 11 nitrogen and oxygen atoms in total. The maximum Gasteiger partial charge on any atom is 0.167 e. The molecule has 0 saturated carbocycles. The number of aliphatic hydroxyl groups is 4. The van der Waals surface area contributed by atoms with Crippen molar-refractivity contribution < 1.29 is 29.6 Å². The fraction of sp³-hybridized carbons (Fsp3) is 0.438. The topological polar surface area (TPSA) is 159 Å². The Balaban J connectivity index is 1.64. The number of imidazole rings is 1. The van der Waals surface area contributed by atoms with E-state index in [1.54, 1.807) is 12.3 Å². The summed E-state index contributed by atoms with van der Waals surface area (Å²) in [6.07, 6.45) is -2.18. The molecule has 3 aromatic rings. The molecule has 5 N–H and O–H groups in total. The van der Waals surface area contributed by atoms with Crippen LogP contribution in [-0.2, 0) is 11.3 Å². The van der Waals surface area contributed by atoms with Gasteiger partial charge in [0.1, 0.15) is 36.5 Å². The molecular weight excluding hydrogens is 358 g/mol. The van der Waals surface area contributed by atoms with E-state index in [4.69, 9.17) is 9.15 Å². The van der Waals surface area contributed by atoms with Gasteiger partial charge in [0.15, 0.2) is 23.2 Å². The minimum absolute atomic E-state index is 0.358. The van der Waals surface area contributed by atoms with Crippen LogP contribution < -0.4 is 5.32 Å². The van der Waals surface area contributed by atoms with Crippen molar-refractivity contribution in [3.05, 3.63) is 36.8 Å². The Bertz CT molecular complexity index is 898. The van der Waals surface area contributed by atoms with E-state index in [9.17, 15) is 20.4 Å². The van der Waals surface area contributed by atoms with E-state index in [1.165, 1.54) is 17.2 Å². The van der Waals surface area contributed by atoms with Crippen LogP contribution in [0.5, 0.6) is 0 Å². The lowest BCUT2D eigenvalue weighted by Crippen LogP contribution is -2.56. The second kappa shape index (κ2) is 7.21. The van der Waals surface area contributed by atoms with Crippen molar-refractivity contribution in [3.8, 4) is 0 Å². The quantitative estimate of drug-likeness (QED) is 0.373. The maximum absolute atomic E-state index is 10.3. The van der Waals surface area contributed by atoms with E-state index in [0.29, 0.717) is 23.5 Å². The smallest absolute Gasteiger partial charge is 0.167 e. The molecular formula is C16H19N5O6. The minimum atomic E-state index is -1.49. The third-order valence-electron chi connectivity index (χ3n) is 4.51. The number of nitrogens with zero attached hydrogens (tertiary/aromatic N) is 4. The first-order valence-corrected chi connectivity index (χ1v) is 8.34.